The highest BCUT2D eigenvalue weighted by Crippen LogP contribution is 2.22. The molecular weight excluding hydrogens is 202 g/mol. The summed E-state index contributed by atoms with van der Waals surface area (Å²) in [6.07, 6.45) is 2.75. The quantitative estimate of drug-likeness (QED) is 0.728. The number of rotatable bonds is 2. The Kier molecular flexibility index (Phi) is 4.19. The van der Waals surface area contributed by atoms with Gasteiger partial charge in [-0.1, -0.05) is 0 Å². The highest BCUT2D eigenvalue weighted by atomic mass is 16.5. The molecule has 0 amide bonds. The van der Waals surface area contributed by atoms with E-state index in [1.54, 1.807) is 0 Å². The van der Waals surface area contributed by atoms with E-state index in [9.17, 15) is 0 Å². The molecule has 0 saturated carbocycles. The van der Waals surface area contributed by atoms with Gasteiger partial charge < -0.3 is 15.4 Å². The van der Waals surface area contributed by atoms with Crippen LogP contribution in [-0.2, 0) is 4.74 Å². The van der Waals surface area contributed by atoms with Crippen molar-refractivity contribution in [3.63, 3.8) is 0 Å². The molecular formula is C12H25N3O. The van der Waals surface area contributed by atoms with Crippen LogP contribution < -0.4 is 5.73 Å². The fourth-order valence-electron chi connectivity index (χ4n) is 2.99. The highest BCUT2D eigenvalue weighted by Gasteiger charge is 2.32. The minimum Gasteiger partial charge on any atom is -0.378 e. The Bertz CT molecular complexity index is 224. The normalized spacial score (nSPS) is 38.8. The van der Waals surface area contributed by atoms with Crippen molar-refractivity contribution in [2.75, 3.05) is 39.8 Å². The van der Waals surface area contributed by atoms with Gasteiger partial charge in [-0.05, 0) is 26.8 Å². The van der Waals surface area contributed by atoms with E-state index in [4.69, 9.17) is 10.5 Å². The summed E-state index contributed by atoms with van der Waals surface area (Å²) in [5.41, 5.74) is 5.90. The average molecular weight is 227 g/mol. The van der Waals surface area contributed by atoms with E-state index in [0.29, 0.717) is 18.2 Å². The van der Waals surface area contributed by atoms with E-state index in [1.807, 2.05) is 0 Å². The molecule has 2 saturated heterocycles. The van der Waals surface area contributed by atoms with E-state index in [0.717, 1.165) is 26.2 Å². The van der Waals surface area contributed by atoms with Crippen LogP contribution in [-0.4, -0.2) is 67.8 Å². The summed E-state index contributed by atoms with van der Waals surface area (Å²) in [5.74, 6) is 0. The van der Waals surface area contributed by atoms with E-state index in [-0.39, 0.29) is 0 Å². The molecule has 0 aromatic carbocycles. The Hall–Kier alpha value is -0.160. The molecule has 0 spiro atoms. The Morgan fingerprint density at radius 2 is 2.19 bits per heavy atom. The molecule has 0 bridgehead atoms. The SMILES string of the molecule is CC1CC(N2CCN(C)CC2CN)CCO1. The lowest BCUT2D eigenvalue weighted by atomic mass is 9.99. The molecule has 2 heterocycles. The van der Waals surface area contributed by atoms with E-state index >= 15 is 0 Å². The molecule has 2 N–H and O–H groups in total. The number of hydrogen-bond donors (Lipinski definition) is 1. The Morgan fingerprint density at radius 1 is 1.38 bits per heavy atom. The summed E-state index contributed by atoms with van der Waals surface area (Å²) in [6.45, 7) is 7.31. The maximum atomic E-state index is 5.90. The first-order chi connectivity index (χ1) is 7.70. The lowest BCUT2D eigenvalue weighted by Gasteiger charge is -2.46. The molecule has 0 aliphatic carbocycles. The van der Waals surface area contributed by atoms with Crippen LogP contribution in [0.1, 0.15) is 19.8 Å². The van der Waals surface area contributed by atoms with Gasteiger partial charge in [0.05, 0.1) is 6.10 Å². The maximum absolute atomic E-state index is 5.90. The molecule has 3 atom stereocenters. The third-order valence-electron chi connectivity index (χ3n) is 3.93. The minimum absolute atomic E-state index is 0.414. The molecule has 0 radical (unpaired) electrons. The standard InChI is InChI=1S/C12H25N3O/c1-10-7-11(3-6-16-10)15-5-4-14(2)9-12(15)8-13/h10-12H,3-9,13H2,1-2H3. The van der Waals surface area contributed by atoms with Crippen LogP contribution in [0.5, 0.6) is 0 Å². The number of nitrogens with two attached hydrogens (primary N) is 1. The van der Waals surface area contributed by atoms with Crippen molar-refractivity contribution >= 4 is 0 Å². The van der Waals surface area contributed by atoms with Gasteiger partial charge in [-0.15, -0.1) is 0 Å². The van der Waals surface area contributed by atoms with Gasteiger partial charge in [0, 0.05) is 44.9 Å². The Labute approximate surface area is 98.7 Å². The first-order valence-corrected chi connectivity index (χ1v) is 6.46. The van der Waals surface area contributed by atoms with Crippen molar-refractivity contribution in [3.05, 3.63) is 0 Å². The van der Waals surface area contributed by atoms with Gasteiger partial charge in [0.15, 0.2) is 0 Å². The molecule has 2 aliphatic rings. The zero-order chi connectivity index (χ0) is 11.5. The van der Waals surface area contributed by atoms with Crippen LogP contribution in [0.2, 0.25) is 0 Å². The van der Waals surface area contributed by atoms with Crippen molar-refractivity contribution in [1.82, 2.24) is 9.80 Å². The highest BCUT2D eigenvalue weighted by molar-refractivity contribution is 4.88. The van der Waals surface area contributed by atoms with Gasteiger partial charge in [0.1, 0.15) is 0 Å². The lowest BCUT2D eigenvalue weighted by molar-refractivity contribution is -0.0418. The average Bonchev–Trinajstić information content (AvgIpc) is 2.28. The van der Waals surface area contributed by atoms with Gasteiger partial charge in [0.25, 0.3) is 0 Å². The molecule has 0 aromatic rings. The second kappa shape index (κ2) is 5.45. The zero-order valence-corrected chi connectivity index (χ0v) is 10.6. The summed E-state index contributed by atoms with van der Waals surface area (Å²) in [7, 11) is 2.19. The summed E-state index contributed by atoms with van der Waals surface area (Å²) in [5, 5.41) is 0. The molecule has 2 aliphatic heterocycles. The number of likely N-dealkylation sites (N-methyl/N-ethyl adjacent to an activating group) is 1. The maximum Gasteiger partial charge on any atom is 0.0561 e. The zero-order valence-electron chi connectivity index (χ0n) is 10.6. The third kappa shape index (κ3) is 2.74. The molecule has 4 nitrogen and oxygen atoms in total. The van der Waals surface area contributed by atoms with Crippen LogP contribution in [0.3, 0.4) is 0 Å². The minimum atomic E-state index is 0.414. The molecule has 16 heavy (non-hydrogen) atoms. The molecule has 2 fully saturated rings. The van der Waals surface area contributed by atoms with Crippen molar-refractivity contribution in [1.29, 1.82) is 0 Å². The van der Waals surface area contributed by atoms with Gasteiger partial charge in [0.2, 0.25) is 0 Å². The number of piperazine rings is 1. The van der Waals surface area contributed by atoms with Crippen LogP contribution in [0, 0.1) is 0 Å². The van der Waals surface area contributed by atoms with Crippen molar-refractivity contribution in [2.45, 2.75) is 38.0 Å². The predicted molar refractivity (Wildman–Crippen MR) is 65.5 cm³/mol. The van der Waals surface area contributed by atoms with Gasteiger partial charge in [-0.2, -0.15) is 0 Å². The summed E-state index contributed by atoms with van der Waals surface area (Å²) < 4.78 is 5.62. The monoisotopic (exact) mass is 227 g/mol. The largest absolute Gasteiger partial charge is 0.378 e. The first kappa shape index (κ1) is 12.3. The smallest absolute Gasteiger partial charge is 0.0561 e. The number of ether oxygens (including phenoxy) is 1. The van der Waals surface area contributed by atoms with E-state index < -0.39 is 0 Å². The Morgan fingerprint density at radius 3 is 2.88 bits per heavy atom. The van der Waals surface area contributed by atoms with Crippen LogP contribution in [0.4, 0.5) is 0 Å². The molecule has 4 heteroatoms. The molecule has 2 rings (SSSR count). The van der Waals surface area contributed by atoms with E-state index in [2.05, 4.69) is 23.8 Å². The second-order valence-corrected chi connectivity index (χ2v) is 5.25. The summed E-state index contributed by atoms with van der Waals surface area (Å²) in [4.78, 5) is 5.01. The van der Waals surface area contributed by atoms with Crippen molar-refractivity contribution in [3.8, 4) is 0 Å². The number of nitrogens with zero attached hydrogens (tertiary/aromatic N) is 2. The second-order valence-electron chi connectivity index (χ2n) is 5.25. The molecule has 0 aromatic heterocycles. The lowest BCUT2D eigenvalue weighted by Crippen LogP contribution is -2.59. The first-order valence-electron chi connectivity index (χ1n) is 6.46. The Balaban J connectivity index is 1.95. The number of hydrogen-bond acceptors (Lipinski definition) is 4. The van der Waals surface area contributed by atoms with Gasteiger partial charge >= 0.3 is 0 Å². The van der Waals surface area contributed by atoms with Crippen molar-refractivity contribution < 1.29 is 4.74 Å². The van der Waals surface area contributed by atoms with Gasteiger partial charge in [-0.3, -0.25) is 4.90 Å². The van der Waals surface area contributed by atoms with Crippen molar-refractivity contribution in [2.24, 2.45) is 5.73 Å². The summed E-state index contributed by atoms with van der Waals surface area (Å²) in [6, 6.07) is 1.22. The molecule has 94 valence electrons. The third-order valence-corrected chi connectivity index (χ3v) is 3.93. The fourth-order valence-corrected chi connectivity index (χ4v) is 2.99. The van der Waals surface area contributed by atoms with Crippen LogP contribution in [0.15, 0.2) is 0 Å². The summed E-state index contributed by atoms with van der Waals surface area (Å²) >= 11 is 0. The van der Waals surface area contributed by atoms with Crippen LogP contribution >= 0.6 is 0 Å². The topological polar surface area (TPSA) is 41.7 Å². The van der Waals surface area contributed by atoms with Gasteiger partial charge in [-0.25, -0.2) is 0 Å². The molecule has 3 unspecified atom stereocenters. The fraction of sp³-hybridized carbons (Fsp3) is 1.00. The van der Waals surface area contributed by atoms with E-state index in [1.165, 1.54) is 19.4 Å². The van der Waals surface area contributed by atoms with Crippen LogP contribution in [0.25, 0.3) is 0 Å². The predicted octanol–water partition coefficient (Wildman–Crippen LogP) is 0.129.